The van der Waals surface area contributed by atoms with E-state index in [9.17, 15) is 9.59 Å². The number of anilines is 1. The van der Waals surface area contributed by atoms with E-state index in [-0.39, 0.29) is 17.7 Å². The van der Waals surface area contributed by atoms with E-state index in [1.807, 2.05) is 28.8 Å². The molecule has 0 saturated heterocycles. The summed E-state index contributed by atoms with van der Waals surface area (Å²) in [5.74, 6) is 0.363. The highest BCUT2D eigenvalue weighted by atomic mass is 16.2. The van der Waals surface area contributed by atoms with Gasteiger partial charge in [-0.2, -0.15) is 5.10 Å². The molecule has 1 aliphatic carbocycles. The molecule has 2 N–H and O–H groups in total. The number of fused-ring (bicyclic) bond motifs is 1. The van der Waals surface area contributed by atoms with E-state index in [0.717, 1.165) is 36.7 Å². The molecule has 2 heterocycles. The van der Waals surface area contributed by atoms with Crippen molar-refractivity contribution in [3.63, 3.8) is 0 Å². The lowest BCUT2D eigenvalue weighted by molar-refractivity contribution is -0.120. The first kappa shape index (κ1) is 19.2. The maximum atomic E-state index is 12.5. The molecule has 0 bridgehead atoms. The second kappa shape index (κ2) is 8.46. The second-order valence-electron chi connectivity index (χ2n) is 7.55. The van der Waals surface area contributed by atoms with Gasteiger partial charge in [0.05, 0.1) is 17.4 Å². The zero-order chi connectivity index (χ0) is 20.2. The van der Waals surface area contributed by atoms with Crippen LogP contribution in [0, 0.1) is 5.92 Å². The molecule has 4 rings (SSSR count). The molecule has 152 valence electrons. The molecule has 1 fully saturated rings. The largest absolute Gasteiger partial charge is 0.349 e. The number of rotatable bonds is 6. The molecule has 0 atom stereocenters. The lowest BCUT2D eigenvalue weighted by atomic mass is 9.89. The Morgan fingerprint density at radius 3 is 2.79 bits per heavy atom. The predicted octanol–water partition coefficient (Wildman–Crippen LogP) is 2.72. The highest BCUT2D eigenvalue weighted by Crippen LogP contribution is 2.25. The number of nitrogens with one attached hydrogen (secondary N) is 2. The number of aryl methyl sites for hydroxylation is 1. The molecule has 1 aliphatic rings. The Morgan fingerprint density at radius 2 is 1.97 bits per heavy atom. The normalized spacial score (nSPS) is 14.8. The molecule has 2 amide bonds. The fraction of sp³-hybridized carbons (Fsp3) is 0.429. The smallest absolute Gasteiger partial charge is 0.271 e. The summed E-state index contributed by atoms with van der Waals surface area (Å²) < 4.78 is 3.54. The summed E-state index contributed by atoms with van der Waals surface area (Å²) in [6.45, 7) is 1.07. The Morgan fingerprint density at radius 1 is 1.17 bits per heavy atom. The minimum Gasteiger partial charge on any atom is -0.349 e. The van der Waals surface area contributed by atoms with Gasteiger partial charge in [0.25, 0.3) is 5.91 Å². The van der Waals surface area contributed by atoms with Crippen molar-refractivity contribution in [1.82, 2.24) is 24.6 Å². The fourth-order valence-electron chi connectivity index (χ4n) is 3.86. The van der Waals surface area contributed by atoms with Gasteiger partial charge in [-0.25, -0.2) is 4.98 Å². The van der Waals surface area contributed by atoms with Crippen molar-refractivity contribution in [3.05, 3.63) is 42.4 Å². The van der Waals surface area contributed by atoms with Crippen LogP contribution in [0.1, 0.15) is 42.6 Å². The van der Waals surface area contributed by atoms with Crippen LogP contribution >= 0.6 is 0 Å². The third-order valence-electron chi connectivity index (χ3n) is 5.51. The van der Waals surface area contributed by atoms with E-state index in [1.165, 1.54) is 6.42 Å². The van der Waals surface area contributed by atoms with Crippen LogP contribution in [0.15, 0.2) is 36.7 Å². The van der Waals surface area contributed by atoms with Gasteiger partial charge < -0.3 is 15.2 Å². The maximum absolute atomic E-state index is 12.5. The second-order valence-corrected chi connectivity index (χ2v) is 7.55. The van der Waals surface area contributed by atoms with Gasteiger partial charge in [0.15, 0.2) is 5.69 Å². The topological polar surface area (TPSA) is 93.8 Å². The van der Waals surface area contributed by atoms with Crippen LogP contribution in [-0.4, -0.2) is 37.7 Å². The highest BCUT2D eigenvalue weighted by molar-refractivity contribution is 5.96. The molecular weight excluding hydrogens is 368 g/mol. The first-order chi connectivity index (χ1) is 14.1. The Hall–Kier alpha value is -3.16. The summed E-state index contributed by atoms with van der Waals surface area (Å²) in [4.78, 5) is 29.3. The maximum Gasteiger partial charge on any atom is 0.271 e. The van der Waals surface area contributed by atoms with Crippen LogP contribution in [0.2, 0.25) is 0 Å². The molecule has 0 aliphatic heterocycles. The SMILES string of the molecule is Cn1nc(C(=O)NCCn2cnc3ccccc32)cc1NC(=O)C1CCCCC1. The zero-order valence-corrected chi connectivity index (χ0v) is 16.6. The third kappa shape index (κ3) is 4.31. The molecule has 0 spiro atoms. The number of amides is 2. The molecule has 29 heavy (non-hydrogen) atoms. The Balaban J connectivity index is 1.33. The van der Waals surface area contributed by atoms with E-state index in [1.54, 1.807) is 24.1 Å². The summed E-state index contributed by atoms with van der Waals surface area (Å²) in [7, 11) is 1.73. The van der Waals surface area contributed by atoms with Crippen molar-refractivity contribution in [3.8, 4) is 0 Å². The van der Waals surface area contributed by atoms with Crippen molar-refractivity contribution in [2.75, 3.05) is 11.9 Å². The van der Waals surface area contributed by atoms with Gasteiger partial charge in [0, 0.05) is 32.1 Å². The van der Waals surface area contributed by atoms with Crippen LogP contribution in [0.25, 0.3) is 11.0 Å². The summed E-state index contributed by atoms with van der Waals surface area (Å²) in [5, 5.41) is 10.1. The van der Waals surface area contributed by atoms with Crippen molar-refractivity contribution in [1.29, 1.82) is 0 Å². The minimum absolute atomic E-state index is 0.0200. The van der Waals surface area contributed by atoms with Gasteiger partial charge >= 0.3 is 0 Å². The van der Waals surface area contributed by atoms with Crippen LogP contribution in [0.5, 0.6) is 0 Å². The van der Waals surface area contributed by atoms with E-state index in [4.69, 9.17) is 0 Å². The standard InChI is InChI=1S/C21H26N6O2/c1-26-19(24-20(28)15-7-3-2-4-8-15)13-17(25-26)21(29)22-11-12-27-14-23-16-9-5-6-10-18(16)27/h5-6,9-10,13-15H,2-4,7-8,11-12H2,1H3,(H,22,29)(H,24,28). The molecule has 2 aromatic heterocycles. The molecule has 0 radical (unpaired) electrons. The molecule has 3 aromatic rings. The number of benzene rings is 1. The number of nitrogens with zero attached hydrogens (tertiary/aromatic N) is 4. The number of carbonyl (C=O) groups excluding carboxylic acids is 2. The first-order valence-electron chi connectivity index (χ1n) is 10.1. The lowest BCUT2D eigenvalue weighted by Gasteiger charge is -2.20. The summed E-state index contributed by atoms with van der Waals surface area (Å²) in [6, 6.07) is 9.51. The van der Waals surface area contributed by atoms with E-state index < -0.39 is 0 Å². The number of imidazole rings is 1. The zero-order valence-electron chi connectivity index (χ0n) is 16.6. The Bertz CT molecular complexity index is 1020. The van der Waals surface area contributed by atoms with Gasteiger partial charge in [-0.3, -0.25) is 14.3 Å². The van der Waals surface area contributed by atoms with Crippen molar-refractivity contribution < 1.29 is 9.59 Å². The summed E-state index contributed by atoms with van der Waals surface area (Å²) in [5.41, 5.74) is 2.26. The van der Waals surface area contributed by atoms with Gasteiger partial charge in [-0.1, -0.05) is 31.4 Å². The van der Waals surface area contributed by atoms with Gasteiger partial charge in [-0.15, -0.1) is 0 Å². The summed E-state index contributed by atoms with van der Waals surface area (Å²) >= 11 is 0. The Labute approximate surface area is 169 Å². The molecule has 1 aromatic carbocycles. The first-order valence-corrected chi connectivity index (χ1v) is 10.1. The van der Waals surface area contributed by atoms with Gasteiger partial charge in [0.1, 0.15) is 5.82 Å². The van der Waals surface area contributed by atoms with E-state index in [2.05, 4.69) is 20.7 Å². The van der Waals surface area contributed by atoms with Crippen molar-refractivity contribution in [2.45, 2.75) is 38.6 Å². The van der Waals surface area contributed by atoms with Crippen LogP contribution in [0.4, 0.5) is 5.82 Å². The molecule has 1 saturated carbocycles. The third-order valence-corrected chi connectivity index (χ3v) is 5.51. The van der Waals surface area contributed by atoms with Gasteiger partial charge in [-0.05, 0) is 25.0 Å². The van der Waals surface area contributed by atoms with Crippen LogP contribution in [0.3, 0.4) is 0 Å². The number of hydrogen-bond donors (Lipinski definition) is 2. The molecule has 8 heteroatoms. The quantitative estimate of drug-likeness (QED) is 0.672. The molecule has 0 unspecified atom stereocenters. The number of hydrogen-bond acceptors (Lipinski definition) is 4. The highest BCUT2D eigenvalue weighted by Gasteiger charge is 2.22. The van der Waals surface area contributed by atoms with Crippen molar-refractivity contribution >= 4 is 28.7 Å². The number of para-hydroxylation sites is 2. The van der Waals surface area contributed by atoms with Crippen LogP contribution < -0.4 is 10.6 Å². The average Bonchev–Trinajstić information content (AvgIpc) is 3.32. The average molecular weight is 394 g/mol. The van der Waals surface area contributed by atoms with Gasteiger partial charge in [0.2, 0.25) is 5.91 Å². The summed E-state index contributed by atoms with van der Waals surface area (Å²) in [6.07, 6.45) is 7.04. The lowest BCUT2D eigenvalue weighted by Crippen LogP contribution is -2.27. The van der Waals surface area contributed by atoms with Crippen molar-refractivity contribution in [2.24, 2.45) is 13.0 Å². The van der Waals surface area contributed by atoms with Crippen LogP contribution in [-0.2, 0) is 18.4 Å². The number of aromatic nitrogens is 4. The fourth-order valence-corrected chi connectivity index (χ4v) is 3.86. The number of carbonyl (C=O) groups is 2. The minimum atomic E-state index is -0.261. The molecular formula is C21H26N6O2. The molecule has 8 nitrogen and oxygen atoms in total. The van der Waals surface area contributed by atoms with E-state index in [0.29, 0.717) is 24.6 Å². The van der Waals surface area contributed by atoms with E-state index >= 15 is 0 Å². The predicted molar refractivity (Wildman–Crippen MR) is 110 cm³/mol. The monoisotopic (exact) mass is 394 g/mol. The Kier molecular flexibility index (Phi) is 5.59.